The average Bonchev–Trinajstić information content (AvgIpc) is 2.88. The minimum Gasteiger partial charge on any atom is -0.444 e. The van der Waals surface area contributed by atoms with Gasteiger partial charge in [0.05, 0.1) is 23.7 Å². The van der Waals surface area contributed by atoms with Crippen LogP contribution in [0, 0.1) is 0 Å². The summed E-state index contributed by atoms with van der Waals surface area (Å²) >= 11 is 1.61. The van der Waals surface area contributed by atoms with Crippen LogP contribution in [0.2, 0.25) is 0 Å². The monoisotopic (exact) mass is 327 g/mol. The quantitative estimate of drug-likeness (QED) is 0.839. The van der Waals surface area contributed by atoms with Gasteiger partial charge in [-0.05, 0) is 34.1 Å². The zero-order valence-electron chi connectivity index (χ0n) is 13.6. The molecule has 124 valence electrons. The molecule has 1 aromatic rings. The summed E-state index contributed by atoms with van der Waals surface area (Å²) in [4.78, 5) is 17.1. The minimum atomic E-state index is -0.487. The first-order chi connectivity index (χ1) is 10.4. The third kappa shape index (κ3) is 4.93. The first kappa shape index (κ1) is 17.2. The fraction of sp³-hybridized carbons (Fsp3) is 0.733. The van der Waals surface area contributed by atoms with Crippen molar-refractivity contribution in [2.75, 3.05) is 6.61 Å². The normalized spacial score (nSPS) is 24.6. The smallest absolute Gasteiger partial charge is 0.407 e. The number of nitrogens with zero attached hydrogens (tertiary/aromatic N) is 1. The Labute approximate surface area is 135 Å². The van der Waals surface area contributed by atoms with Gasteiger partial charge in [-0.15, -0.1) is 11.3 Å². The molecule has 1 fully saturated rings. The number of rotatable bonds is 6. The number of alkyl carbamates (subject to hydrolysis) is 1. The maximum atomic E-state index is 11.9. The summed E-state index contributed by atoms with van der Waals surface area (Å²) in [5, 5.41) is 6.38. The molecule has 1 aromatic heterocycles. The van der Waals surface area contributed by atoms with Crippen molar-refractivity contribution >= 4 is 17.4 Å². The molecule has 0 spiro atoms. The van der Waals surface area contributed by atoms with Crippen LogP contribution >= 0.6 is 11.3 Å². The van der Waals surface area contributed by atoms with Crippen LogP contribution in [-0.2, 0) is 16.0 Å². The second-order valence-electron chi connectivity index (χ2n) is 6.36. The summed E-state index contributed by atoms with van der Waals surface area (Å²) in [7, 11) is 0. The van der Waals surface area contributed by atoms with E-state index in [2.05, 4.69) is 15.6 Å². The van der Waals surface area contributed by atoms with Crippen molar-refractivity contribution in [2.24, 2.45) is 0 Å². The summed E-state index contributed by atoms with van der Waals surface area (Å²) < 4.78 is 11.0. The van der Waals surface area contributed by atoms with Crippen LogP contribution in [0.4, 0.5) is 4.79 Å². The second kappa shape index (κ2) is 7.39. The number of carbonyl (C=O) groups is 1. The van der Waals surface area contributed by atoms with Gasteiger partial charge in [0, 0.05) is 24.2 Å². The summed E-state index contributed by atoms with van der Waals surface area (Å²) in [5.74, 6) is 0. The highest BCUT2D eigenvalue weighted by Crippen LogP contribution is 2.25. The van der Waals surface area contributed by atoms with Crippen molar-refractivity contribution < 1.29 is 14.3 Å². The molecule has 0 radical (unpaired) electrons. The van der Waals surface area contributed by atoms with Gasteiger partial charge in [0.1, 0.15) is 5.60 Å². The number of carbonyl (C=O) groups excluding carboxylic acids is 1. The Kier molecular flexibility index (Phi) is 5.77. The highest BCUT2D eigenvalue weighted by molar-refractivity contribution is 7.09. The fourth-order valence-electron chi connectivity index (χ4n) is 2.42. The van der Waals surface area contributed by atoms with E-state index >= 15 is 0 Å². The Morgan fingerprint density at radius 3 is 2.86 bits per heavy atom. The first-order valence-electron chi connectivity index (χ1n) is 7.61. The molecule has 1 heterocycles. The van der Waals surface area contributed by atoms with E-state index in [0.717, 1.165) is 17.8 Å². The van der Waals surface area contributed by atoms with Gasteiger partial charge in [0.25, 0.3) is 0 Å². The van der Waals surface area contributed by atoms with Gasteiger partial charge < -0.3 is 20.1 Å². The van der Waals surface area contributed by atoms with E-state index in [1.807, 2.05) is 39.4 Å². The Morgan fingerprint density at radius 2 is 2.27 bits per heavy atom. The molecule has 2 N–H and O–H groups in total. The SMILES string of the molecule is CCOC1CC(NC(=O)OC(C)(C)C)C1NCc1cncs1. The predicted molar refractivity (Wildman–Crippen MR) is 85.9 cm³/mol. The minimum absolute atomic E-state index is 0.0271. The number of hydrogen-bond donors (Lipinski definition) is 2. The molecular weight excluding hydrogens is 302 g/mol. The lowest BCUT2D eigenvalue weighted by Crippen LogP contribution is -2.66. The van der Waals surface area contributed by atoms with Crippen molar-refractivity contribution in [1.82, 2.24) is 15.6 Å². The average molecular weight is 327 g/mol. The van der Waals surface area contributed by atoms with Crippen LogP contribution < -0.4 is 10.6 Å². The Morgan fingerprint density at radius 1 is 1.50 bits per heavy atom. The van der Waals surface area contributed by atoms with Crippen LogP contribution in [0.25, 0.3) is 0 Å². The molecule has 1 aliphatic carbocycles. The van der Waals surface area contributed by atoms with Crippen LogP contribution in [0.3, 0.4) is 0 Å². The van der Waals surface area contributed by atoms with Gasteiger partial charge in [0.2, 0.25) is 0 Å². The van der Waals surface area contributed by atoms with Crippen LogP contribution in [0.1, 0.15) is 39.0 Å². The van der Waals surface area contributed by atoms with Crippen molar-refractivity contribution in [1.29, 1.82) is 0 Å². The summed E-state index contributed by atoms with van der Waals surface area (Å²) in [6, 6.07) is 0.119. The van der Waals surface area contributed by atoms with Gasteiger partial charge in [0.15, 0.2) is 0 Å². The number of nitrogens with one attached hydrogen (secondary N) is 2. The molecule has 2 rings (SSSR count). The largest absolute Gasteiger partial charge is 0.444 e. The maximum absolute atomic E-state index is 11.9. The molecule has 3 atom stereocenters. The second-order valence-corrected chi connectivity index (χ2v) is 7.33. The third-order valence-electron chi connectivity index (χ3n) is 3.40. The zero-order valence-corrected chi connectivity index (χ0v) is 14.4. The van der Waals surface area contributed by atoms with E-state index in [0.29, 0.717) is 6.61 Å². The van der Waals surface area contributed by atoms with Crippen molar-refractivity contribution in [3.8, 4) is 0 Å². The van der Waals surface area contributed by atoms with Gasteiger partial charge in [-0.25, -0.2) is 4.79 Å². The molecule has 7 heteroatoms. The van der Waals surface area contributed by atoms with Crippen molar-refractivity contribution in [2.45, 2.75) is 64.4 Å². The zero-order chi connectivity index (χ0) is 16.2. The van der Waals surface area contributed by atoms with Crippen LogP contribution in [0.5, 0.6) is 0 Å². The first-order valence-corrected chi connectivity index (χ1v) is 8.49. The Balaban J connectivity index is 1.85. The molecule has 0 saturated heterocycles. The predicted octanol–water partition coefficient (Wildman–Crippen LogP) is 2.30. The molecule has 3 unspecified atom stereocenters. The van der Waals surface area contributed by atoms with E-state index in [1.54, 1.807) is 11.3 Å². The number of ether oxygens (including phenoxy) is 2. The van der Waals surface area contributed by atoms with Crippen LogP contribution in [-0.4, -0.2) is 41.5 Å². The number of thiazole rings is 1. The van der Waals surface area contributed by atoms with Gasteiger partial charge in [-0.1, -0.05) is 0 Å². The highest BCUT2D eigenvalue weighted by Gasteiger charge is 2.42. The number of amides is 1. The lowest BCUT2D eigenvalue weighted by molar-refractivity contribution is -0.0437. The van der Waals surface area contributed by atoms with E-state index < -0.39 is 5.60 Å². The molecule has 0 aliphatic heterocycles. The highest BCUT2D eigenvalue weighted by atomic mass is 32.1. The lowest BCUT2D eigenvalue weighted by atomic mass is 9.82. The molecule has 6 nitrogen and oxygen atoms in total. The summed E-state index contributed by atoms with van der Waals surface area (Å²) in [6.07, 6.45) is 2.39. The van der Waals surface area contributed by atoms with Gasteiger partial charge >= 0.3 is 6.09 Å². The van der Waals surface area contributed by atoms with E-state index in [4.69, 9.17) is 9.47 Å². The summed E-state index contributed by atoms with van der Waals surface area (Å²) in [5.41, 5.74) is 1.33. The standard InChI is InChI=1S/C15H25N3O3S/c1-5-20-12-6-11(18-14(19)21-15(2,3)4)13(12)17-8-10-7-16-9-22-10/h7,9,11-13,17H,5-6,8H2,1-4H3,(H,18,19). The third-order valence-corrected chi connectivity index (χ3v) is 4.18. The molecule has 22 heavy (non-hydrogen) atoms. The molecule has 0 aromatic carbocycles. The molecule has 1 amide bonds. The summed E-state index contributed by atoms with van der Waals surface area (Å²) in [6.45, 7) is 8.95. The van der Waals surface area contributed by atoms with Gasteiger partial charge in [-0.3, -0.25) is 4.98 Å². The topological polar surface area (TPSA) is 72.5 Å². The van der Waals surface area contributed by atoms with Crippen LogP contribution in [0.15, 0.2) is 11.7 Å². The van der Waals surface area contributed by atoms with E-state index in [9.17, 15) is 4.79 Å². The number of hydrogen-bond acceptors (Lipinski definition) is 6. The van der Waals surface area contributed by atoms with E-state index in [-0.39, 0.29) is 24.3 Å². The molecule has 1 saturated carbocycles. The molecule has 0 bridgehead atoms. The van der Waals surface area contributed by atoms with Gasteiger partial charge in [-0.2, -0.15) is 0 Å². The molecular formula is C15H25N3O3S. The fourth-order valence-corrected chi connectivity index (χ4v) is 2.97. The van der Waals surface area contributed by atoms with E-state index in [1.165, 1.54) is 0 Å². The maximum Gasteiger partial charge on any atom is 0.407 e. The Bertz CT molecular complexity index is 473. The number of aromatic nitrogens is 1. The lowest BCUT2D eigenvalue weighted by Gasteiger charge is -2.44. The molecule has 1 aliphatic rings. The van der Waals surface area contributed by atoms with Crippen molar-refractivity contribution in [3.05, 3.63) is 16.6 Å². The van der Waals surface area contributed by atoms with Crippen molar-refractivity contribution in [3.63, 3.8) is 0 Å². The Hall–Kier alpha value is -1.18.